The molecule has 50 heavy (non-hydrogen) atoms. The molecular formula is C41H54N2O7. The molecule has 1 atom stereocenters. The van der Waals surface area contributed by atoms with E-state index in [-0.39, 0.29) is 38.4 Å². The molecule has 4 aromatic carbocycles. The molecule has 0 radical (unpaired) electrons. The first kappa shape index (κ1) is 40.1. The third-order valence-electron chi connectivity index (χ3n) is 8.58. The fourth-order valence-corrected chi connectivity index (χ4v) is 5.98. The topological polar surface area (TPSA) is 117 Å². The summed E-state index contributed by atoms with van der Waals surface area (Å²) in [6.45, 7) is 10.3. The highest BCUT2D eigenvalue weighted by molar-refractivity contribution is 6.23. The van der Waals surface area contributed by atoms with E-state index < -0.39 is 23.3 Å². The van der Waals surface area contributed by atoms with Crippen molar-refractivity contribution in [2.75, 3.05) is 20.3 Å². The number of methoxy groups -OCH3 is 1. The number of esters is 1. The van der Waals surface area contributed by atoms with E-state index in [1.165, 1.54) is 62.7 Å². The molecular weight excluding hydrogens is 632 g/mol. The number of carbonyl (C=O) groups is 2. The lowest BCUT2D eigenvalue weighted by Crippen LogP contribution is -2.33. The van der Waals surface area contributed by atoms with Crippen molar-refractivity contribution in [3.63, 3.8) is 0 Å². The van der Waals surface area contributed by atoms with Crippen molar-refractivity contribution in [1.82, 2.24) is 9.55 Å². The Labute approximate surface area is 295 Å². The number of benzene rings is 4. The summed E-state index contributed by atoms with van der Waals surface area (Å²) in [4.78, 5) is 49.9. The van der Waals surface area contributed by atoms with Crippen LogP contribution in [0.5, 0.6) is 0 Å². The minimum Gasteiger partial charge on any atom is -0.463 e. The van der Waals surface area contributed by atoms with Crippen LogP contribution in [-0.2, 0) is 43.4 Å². The molecule has 0 aliphatic carbocycles. The van der Waals surface area contributed by atoms with E-state index in [9.17, 15) is 19.2 Å². The molecule has 9 heteroatoms. The van der Waals surface area contributed by atoms with Crippen molar-refractivity contribution >= 4 is 44.1 Å². The van der Waals surface area contributed by atoms with Gasteiger partial charge in [0.1, 0.15) is 12.4 Å². The highest BCUT2D eigenvalue weighted by Gasteiger charge is 2.14. The maximum atomic E-state index is 12.4. The highest BCUT2D eigenvalue weighted by Crippen LogP contribution is 2.36. The summed E-state index contributed by atoms with van der Waals surface area (Å²) in [6, 6.07) is 19.9. The number of unbranched alkanes of at least 4 members (excludes halogenated alkanes) is 3. The van der Waals surface area contributed by atoms with Gasteiger partial charge < -0.3 is 23.6 Å². The number of ether oxygens (including phenoxy) is 3. The normalized spacial score (nSPS) is 11.6. The first-order valence-corrected chi connectivity index (χ1v) is 18.1. The van der Waals surface area contributed by atoms with Crippen LogP contribution in [0.4, 0.5) is 0 Å². The molecule has 1 unspecified atom stereocenters. The van der Waals surface area contributed by atoms with Gasteiger partial charge in [-0.15, -0.1) is 0 Å². The largest absolute Gasteiger partial charge is 0.463 e. The molecule has 1 N–H and O–H groups in total. The number of H-pyrrole nitrogens is 1. The fraction of sp³-hybridized carbons (Fsp3) is 0.463. The van der Waals surface area contributed by atoms with Crippen LogP contribution in [0.2, 0.25) is 0 Å². The Morgan fingerprint density at radius 2 is 1.46 bits per heavy atom. The van der Waals surface area contributed by atoms with Gasteiger partial charge in [0.05, 0.1) is 24.7 Å². The van der Waals surface area contributed by atoms with Gasteiger partial charge in [0.25, 0.3) is 5.56 Å². The summed E-state index contributed by atoms with van der Waals surface area (Å²) >= 11 is 0. The summed E-state index contributed by atoms with van der Waals surface area (Å²) in [5.74, 6) is -0.550. The fourth-order valence-electron chi connectivity index (χ4n) is 5.98. The maximum absolute atomic E-state index is 12.4. The average molecular weight is 687 g/mol. The summed E-state index contributed by atoms with van der Waals surface area (Å²) in [6.07, 6.45) is 6.75. The Balaban J connectivity index is 0.00000163. The molecule has 0 bridgehead atoms. The van der Waals surface area contributed by atoms with Gasteiger partial charge >= 0.3 is 11.7 Å². The molecule has 0 saturated carbocycles. The van der Waals surface area contributed by atoms with Gasteiger partial charge in [0.2, 0.25) is 0 Å². The molecule has 1 aromatic heterocycles. The summed E-state index contributed by atoms with van der Waals surface area (Å²) < 4.78 is 17.8. The van der Waals surface area contributed by atoms with E-state index in [2.05, 4.69) is 59.6 Å². The van der Waals surface area contributed by atoms with Crippen molar-refractivity contribution in [3.05, 3.63) is 92.8 Å². The quantitative estimate of drug-likeness (QED) is 0.0562. The van der Waals surface area contributed by atoms with E-state index in [4.69, 9.17) is 14.2 Å². The molecule has 270 valence electrons. The predicted molar refractivity (Wildman–Crippen MR) is 202 cm³/mol. The molecule has 0 aliphatic heterocycles. The van der Waals surface area contributed by atoms with Gasteiger partial charge in [0.15, 0.2) is 0 Å². The number of rotatable bonds is 18. The molecule has 5 rings (SSSR count). The van der Waals surface area contributed by atoms with Crippen LogP contribution in [-0.4, -0.2) is 47.7 Å². The molecule has 0 spiro atoms. The van der Waals surface area contributed by atoms with Crippen molar-refractivity contribution in [2.45, 2.75) is 105 Å². The van der Waals surface area contributed by atoms with Gasteiger partial charge in [-0.05, 0) is 70.5 Å². The third-order valence-corrected chi connectivity index (χ3v) is 8.58. The monoisotopic (exact) mass is 686 g/mol. The number of aromatic nitrogens is 2. The number of ketones is 1. The lowest BCUT2D eigenvalue weighted by atomic mass is 9.90. The second kappa shape index (κ2) is 21.0. The molecule has 9 nitrogen and oxygen atoms in total. The minimum absolute atomic E-state index is 0.0137. The van der Waals surface area contributed by atoms with Gasteiger partial charge in [0, 0.05) is 32.9 Å². The zero-order chi connectivity index (χ0) is 36.5. The zero-order valence-corrected chi connectivity index (χ0v) is 30.6. The van der Waals surface area contributed by atoms with Crippen LogP contribution in [0, 0.1) is 0 Å². The lowest BCUT2D eigenvalue weighted by molar-refractivity contribution is -0.148. The highest BCUT2D eigenvalue weighted by atomic mass is 16.6. The van der Waals surface area contributed by atoms with Crippen molar-refractivity contribution in [3.8, 4) is 0 Å². The number of aromatic amines is 1. The smallest absolute Gasteiger partial charge is 0.328 e. The van der Waals surface area contributed by atoms with E-state index in [0.29, 0.717) is 18.6 Å². The van der Waals surface area contributed by atoms with Crippen LogP contribution in [0.1, 0.15) is 90.7 Å². The standard InChI is InChI=1S/C37H42N2O7.2C2H6/c1-25(40)11-18-33(41)46-24-31(44-2)19-20-39-22-30(36(42)38-37(39)43)23-45-21-6-4-3-5-8-26-12-13-29-15-14-27-9-7-10-28-16-17-32(26)35(29)34(27)28;2*1-2/h7,9-10,12-17,22,31H,3-6,8,11,18-21,23-24H2,1-2H3,(H,38,42,43);2*1-2H3. The van der Waals surface area contributed by atoms with E-state index in [0.717, 1.165) is 32.1 Å². The molecule has 0 fully saturated rings. The molecule has 1 heterocycles. The first-order valence-electron chi connectivity index (χ1n) is 18.1. The number of nitrogens with zero attached hydrogens (tertiary/aromatic N) is 1. The Morgan fingerprint density at radius 3 is 2.16 bits per heavy atom. The number of carbonyl (C=O) groups excluding carboxylic acids is 2. The molecule has 0 aliphatic rings. The Kier molecular flexibility index (Phi) is 16.8. The Hall–Kier alpha value is -4.34. The number of nitrogens with one attached hydrogen (secondary N) is 1. The van der Waals surface area contributed by atoms with Crippen molar-refractivity contribution in [1.29, 1.82) is 0 Å². The SMILES string of the molecule is CC.CC.COC(CCn1cc(COCCCCCCc2ccc3ccc4cccc5ccc2c3c45)c(=O)[nH]c1=O)COC(=O)CCC(C)=O. The van der Waals surface area contributed by atoms with Gasteiger partial charge in [-0.1, -0.05) is 95.1 Å². The Bertz CT molecular complexity index is 1890. The van der Waals surface area contributed by atoms with Crippen LogP contribution in [0.25, 0.3) is 32.3 Å². The number of aryl methyl sites for hydroxylation is 2. The van der Waals surface area contributed by atoms with Crippen molar-refractivity contribution in [2.24, 2.45) is 0 Å². The van der Waals surface area contributed by atoms with Crippen LogP contribution >= 0.6 is 0 Å². The van der Waals surface area contributed by atoms with Gasteiger partial charge in [-0.2, -0.15) is 0 Å². The zero-order valence-electron chi connectivity index (χ0n) is 30.6. The van der Waals surface area contributed by atoms with Crippen molar-refractivity contribution < 1.29 is 23.8 Å². The maximum Gasteiger partial charge on any atom is 0.328 e. The second-order valence-electron chi connectivity index (χ2n) is 11.9. The number of hydrogen-bond donors (Lipinski definition) is 1. The number of Topliss-reactive ketones (excluding diaryl/α,β-unsaturated/α-hetero) is 1. The number of hydrogen-bond acceptors (Lipinski definition) is 7. The third kappa shape index (κ3) is 11.1. The Morgan fingerprint density at radius 1 is 0.800 bits per heavy atom. The summed E-state index contributed by atoms with van der Waals surface area (Å²) in [5, 5.41) is 7.92. The minimum atomic E-state index is -0.522. The lowest BCUT2D eigenvalue weighted by Gasteiger charge is -2.16. The van der Waals surface area contributed by atoms with Crippen LogP contribution in [0.3, 0.4) is 0 Å². The van der Waals surface area contributed by atoms with Gasteiger partial charge in [-0.25, -0.2) is 4.79 Å². The average Bonchev–Trinajstić information content (AvgIpc) is 3.14. The molecule has 5 aromatic rings. The summed E-state index contributed by atoms with van der Waals surface area (Å²) in [7, 11) is 1.50. The van der Waals surface area contributed by atoms with E-state index in [1.807, 2.05) is 27.7 Å². The summed E-state index contributed by atoms with van der Waals surface area (Å²) in [5.41, 5.74) is 0.779. The van der Waals surface area contributed by atoms with Gasteiger partial charge in [-0.3, -0.25) is 14.6 Å². The predicted octanol–water partition coefficient (Wildman–Crippen LogP) is 8.12. The molecule has 0 amide bonds. The van der Waals surface area contributed by atoms with Crippen LogP contribution < -0.4 is 11.2 Å². The molecule has 0 saturated heterocycles. The van der Waals surface area contributed by atoms with Crippen LogP contribution in [0.15, 0.2) is 70.4 Å². The van der Waals surface area contributed by atoms with E-state index >= 15 is 0 Å². The second-order valence-corrected chi connectivity index (χ2v) is 11.9. The van der Waals surface area contributed by atoms with E-state index in [1.54, 1.807) is 0 Å². The first-order chi connectivity index (χ1) is 24.3.